The minimum absolute atomic E-state index is 0.246. The van der Waals surface area contributed by atoms with Gasteiger partial charge in [0, 0.05) is 22.6 Å². The number of amidine groups is 1. The average Bonchev–Trinajstić information content (AvgIpc) is 3.01. The molecular formula is C15H22BrN3O2. The summed E-state index contributed by atoms with van der Waals surface area (Å²) >= 11 is 3.50. The van der Waals surface area contributed by atoms with E-state index in [1.807, 2.05) is 12.1 Å². The fourth-order valence-electron chi connectivity index (χ4n) is 2.91. The first-order chi connectivity index (χ1) is 10.1. The van der Waals surface area contributed by atoms with Crippen LogP contribution in [0.2, 0.25) is 0 Å². The molecule has 0 aliphatic heterocycles. The molecule has 0 unspecified atom stereocenters. The summed E-state index contributed by atoms with van der Waals surface area (Å²) in [4.78, 5) is 2.27. The van der Waals surface area contributed by atoms with E-state index in [1.54, 1.807) is 7.11 Å². The van der Waals surface area contributed by atoms with Crippen molar-refractivity contribution < 1.29 is 9.94 Å². The molecule has 0 aromatic heterocycles. The molecule has 0 saturated heterocycles. The summed E-state index contributed by atoms with van der Waals surface area (Å²) in [5, 5.41) is 12.0. The van der Waals surface area contributed by atoms with Crippen molar-refractivity contribution in [3.63, 3.8) is 0 Å². The second-order valence-electron chi connectivity index (χ2n) is 5.39. The van der Waals surface area contributed by atoms with E-state index in [0.29, 0.717) is 12.6 Å². The Labute approximate surface area is 133 Å². The standard InChI is InChI=1S/C15H22BrN3O2/c1-21-14-7-6-12(16)8-11(14)9-19(10-15(17)18-20)13-4-2-3-5-13/h6-8,13,20H,2-5,9-10H2,1H3,(H2,17,18). The molecule has 21 heavy (non-hydrogen) atoms. The van der Waals surface area contributed by atoms with Crippen LogP contribution in [-0.4, -0.2) is 35.6 Å². The maximum Gasteiger partial charge on any atom is 0.153 e. The third-order valence-corrected chi connectivity index (χ3v) is 4.44. The van der Waals surface area contributed by atoms with Crippen molar-refractivity contribution in [2.45, 2.75) is 38.3 Å². The zero-order chi connectivity index (χ0) is 15.2. The first-order valence-corrected chi connectivity index (χ1v) is 7.96. The smallest absolute Gasteiger partial charge is 0.153 e. The van der Waals surface area contributed by atoms with Gasteiger partial charge in [0.05, 0.1) is 13.7 Å². The monoisotopic (exact) mass is 355 g/mol. The van der Waals surface area contributed by atoms with Gasteiger partial charge in [-0.05, 0) is 31.0 Å². The normalized spacial score (nSPS) is 16.6. The Balaban J connectivity index is 2.19. The molecule has 1 fully saturated rings. The molecule has 116 valence electrons. The van der Waals surface area contributed by atoms with E-state index in [2.05, 4.69) is 32.1 Å². The third kappa shape index (κ3) is 4.35. The Morgan fingerprint density at radius 3 is 2.81 bits per heavy atom. The summed E-state index contributed by atoms with van der Waals surface area (Å²) in [7, 11) is 1.68. The van der Waals surface area contributed by atoms with Gasteiger partial charge in [0.25, 0.3) is 0 Å². The number of oxime groups is 1. The lowest BCUT2D eigenvalue weighted by Crippen LogP contribution is -2.39. The van der Waals surface area contributed by atoms with Crippen molar-refractivity contribution in [3.05, 3.63) is 28.2 Å². The molecule has 1 aliphatic rings. The van der Waals surface area contributed by atoms with E-state index in [4.69, 9.17) is 15.7 Å². The topological polar surface area (TPSA) is 71.1 Å². The maximum absolute atomic E-state index is 8.84. The molecule has 0 heterocycles. The summed E-state index contributed by atoms with van der Waals surface area (Å²) in [6.07, 6.45) is 4.81. The fraction of sp³-hybridized carbons (Fsp3) is 0.533. The number of nitrogens with zero attached hydrogens (tertiary/aromatic N) is 2. The summed E-state index contributed by atoms with van der Waals surface area (Å²) in [6.45, 7) is 1.19. The molecule has 1 aromatic carbocycles. The van der Waals surface area contributed by atoms with E-state index < -0.39 is 0 Å². The van der Waals surface area contributed by atoms with Crippen LogP contribution in [0.25, 0.3) is 0 Å². The van der Waals surface area contributed by atoms with Crippen LogP contribution in [0.15, 0.2) is 27.8 Å². The number of methoxy groups -OCH3 is 1. The van der Waals surface area contributed by atoms with Crippen LogP contribution >= 0.6 is 15.9 Å². The lowest BCUT2D eigenvalue weighted by Gasteiger charge is -2.28. The van der Waals surface area contributed by atoms with Crippen molar-refractivity contribution in [1.29, 1.82) is 0 Å². The second kappa shape index (κ2) is 7.66. The number of benzene rings is 1. The molecule has 0 bridgehead atoms. The zero-order valence-corrected chi connectivity index (χ0v) is 13.8. The van der Waals surface area contributed by atoms with E-state index >= 15 is 0 Å². The van der Waals surface area contributed by atoms with Crippen molar-refractivity contribution >= 4 is 21.8 Å². The molecule has 0 spiro atoms. The van der Waals surface area contributed by atoms with Crippen LogP contribution in [0.5, 0.6) is 5.75 Å². The average molecular weight is 356 g/mol. The molecule has 1 aliphatic carbocycles. The molecule has 1 saturated carbocycles. The van der Waals surface area contributed by atoms with Crippen LogP contribution in [0, 0.1) is 0 Å². The van der Waals surface area contributed by atoms with Gasteiger partial charge in [0.15, 0.2) is 5.84 Å². The Morgan fingerprint density at radius 1 is 1.48 bits per heavy atom. The third-order valence-electron chi connectivity index (χ3n) is 3.95. The highest BCUT2D eigenvalue weighted by Crippen LogP contribution is 2.29. The van der Waals surface area contributed by atoms with E-state index in [-0.39, 0.29) is 5.84 Å². The van der Waals surface area contributed by atoms with Crippen LogP contribution in [0.3, 0.4) is 0 Å². The van der Waals surface area contributed by atoms with Crippen LogP contribution < -0.4 is 10.5 Å². The van der Waals surface area contributed by atoms with Crippen LogP contribution in [0.1, 0.15) is 31.2 Å². The quantitative estimate of drug-likeness (QED) is 0.356. The number of ether oxygens (including phenoxy) is 1. The zero-order valence-electron chi connectivity index (χ0n) is 12.3. The minimum atomic E-state index is 0.246. The molecule has 0 atom stereocenters. The largest absolute Gasteiger partial charge is 0.496 e. The van der Waals surface area contributed by atoms with E-state index in [9.17, 15) is 0 Å². The molecule has 3 N–H and O–H groups in total. The van der Waals surface area contributed by atoms with Crippen molar-refractivity contribution in [3.8, 4) is 5.75 Å². The number of halogens is 1. The Hall–Kier alpha value is -1.27. The molecule has 0 amide bonds. The molecule has 0 radical (unpaired) electrons. The number of hydrogen-bond acceptors (Lipinski definition) is 4. The highest BCUT2D eigenvalue weighted by Gasteiger charge is 2.24. The number of rotatable bonds is 6. The number of hydrogen-bond donors (Lipinski definition) is 2. The maximum atomic E-state index is 8.84. The molecule has 5 nitrogen and oxygen atoms in total. The molecular weight excluding hydrogens is 334 g/mol. The van der Waals surface area contributed by atoms with E-state index in [0.717, 1.165) is 35.2 Å². The predicted molar refractivity (Wildman–Crippen MR) is 86.8 cm³/mol. The van der Waals surface area contributed by atoms with Crippen LogP contribution in [0.4, 0.5) is 0 Å². The van der Waals surface area contributed by atoms with Gasteiger partial charge in [-0.15, -0.1) is 0 Å². The number of nitrogens with two attached hydrogens (primary N) is 1. The van der Waals surface area contributed by atoms with Crippen molar-refractivity contribution in [2.24, 2.45) is 10.9 Å². The first kappa shape index (κ1) is 16.1. The first-order valence-electron chi connectivity index (χ1n) is 7.17. The van der Waals surface area contributed by atoms with E-state index in [1.165, 1.54) is 12.8 Å². The van der Waals surface area contributed by atoms with Crippen molar-refractivity contribution in [2.75, 3.05) is 13.7 Å². The van der Waals surface area contributed by atoms with Gasteiger partial charge in [-0.3, -0.25) is 4.90 Å². The lowest BCUT2D eigenvalue weighted by molar-refractivity contribution is 0.211. The SMILES string of the molecule is COc1ccc(Br)cc1CN(CC(N)=NO)C1CCCC1. The highest BCUT2D eigenvalue weighted by atomic mass is 79.9. The van der Waals surface area contributed by atoms with Crippen LogP contribution in [-0.2, 0) is 6.54 Å². The van der Waals surface area contributed by atoms with Gasteiger partial charge >= 0.3 is 0 Å². The van der Waals surface area contributed by atoms with Gasteiger partial charge < -0.3 is 15.7 Å². The molecule has 2 rings (SSSR count). The summed E-state index contributed by atoms with van der Waals surface area (Å²) < 4.78 is 6.46. The Kier molecular flexibility index (Phi) is 5.87. The fourth-order valence-corrected chi connectivity index (χ4v) is 3.32. The van der Waals surface area contributed by atoms with Gasteiger partial charge in [0.2, 0.25) is 0 Å². The predicted octanol–water partition coefficient (Wildman–Crippen LogP) is 2.95. The lowest BCUT2D eigenvalue weighted by atomic mass is 10.1. The Bertz CT molecular complexity index is 502. The van der Waals surface area contributed by atoms with Gasteiger partial charge in [-0.1, -0.05) is 33.9 Å². The Morgan fingerprint density at radius 2 is 2.19 bits per heavy atom. The van der Waals surface area contributed by atoms with Gasteiger partial charge in [-0.2, -0.15) is 0 Å². The highest BCUT2D eigenvalue weighted by molar-refractivity contribution is 9.10. The summed E-state index contributed by atoms with van der Waals surface area (Å²) in [5.41, 5.74) is 6.81. The van der Waals surface area contributed by atoms with Crippen molar-refractivity contribution in [1.82, 2.24) is 4.90 Å². The summed E-state index contributed by atoms with van der Waals surface area (Å²) in [6, 6.07) is 6.46. The minimum Gasteiger partial charge on any atom is -0.496 e. The second-order valence-corrected chi connectivity index (χ2v) is 6.31. The van der Waals surface area contributed by atoms with Gasteiger partial charge in [0.1, 0.15) is 5.75 Å². The summed E-state index contributed by atoms with van der Waals surface area (Å²) in [5.74, 6) is 1.11. The molecule has 1 aromatic rings. The molecule has 6 heteroatoms. The van der Waals surface area contributed by atoms with Gasteiger partial charge in [-0.25, -0.2) is 0 Å².